The van der Waals surface area contributed by atoms with Gasteiger partial charge in [0.25, 0.3) is 5.91 Å². The molecule has 1 aromatic carbocycles. The monoisotopic (exact) mass is 232 g/mol. The van der Waals surface area contributed by atoms with Crippen LogP contribution in [-0.2, 0) is 0 Å². The number of phenolic OH excluding ortho intramolecular Hbond substituents is 1. The highest BCUT2D eigenvalue weighted by atomic mass is 19.1. The van der Waals surface area contributed by atoms with Crippen LogP contribution in [0.25, 0.3) is 0 Å². The fourth-order valence-corrected chi connectivity index (χ4v) is 1.28. The summed E-state index contributed by atoms with van der Waals surface area (Å²) in [6.07, 6.45) is 2.30. The van der Waals surface area contributed by atoms with Crippen molar-refractivity contribution in [3.63, 3.8) is 0 Å². The summed E-state index contributed by atoms with van der Waals surface area (Å²) in [5.74, 6) is -0.915. The van der Waals surface area contributed by atoms with Crippen LogP contribution in [0.15, 0.2) is 42.7 Å². The molecule has 5 heteroatoms. The summed E-state index contributed by atoms with van der Waals surface area (Å²) in [7, 11) is 0. The van der Waals surface area contributed by atoms with Crippen molar-refractivity contribution in [2.45, 2.75) is 0 Å². The molecule has 0 radical (unpaired) electrons. The molecular weight excluding hydrogens is 223 g/mol. The Morgan fingerprint density at radius 2 is 1.94 bits per heavy atom. The molecule has 2 rings (SSSR count). The highest BCUT2D eigenvalue weighted by molar-refractivity contribution is 6.04. The molecule has 86 valence electrons. The lowest BCUT2D eigenvalue weighted by atomic mass is 10.2. The molecule has 0 bridgehead atoms. The summed E-state index contributed by atoms with van der Waals surface area (Å²) in [5.41, 5.74) is 0.648. The van der Waals surface area contributed by atoms with Gasteiger partial charge in [-0.05, 0) is 30.3 Å². The van der Waals surface area contributed by atoms with Gasteiger partial charge in [-0.15, -0.1) is 0 Å². The molecular formula is C12H9FN2O2. The third-order valence-electron chi connectivity index (χ3n) is 2.09. The Kier molecular flexibility index (Phi) is 3.00. The maximum Gasteiger partial charge on any atom is 0.257 e. The molecule has 0 fully saturated rings. The summed E-state index contributed by atoms with van der Waals surface area (Å²) in [4.78, 5) is 15.3. The lowest BCUT2D eigenvalue weighted by Crippen LogP contribution is -2.12. The van der Waals surface area contributed by atoms with Gasteiger partial charge in [-0.1, -0.05) is 0 Å². The topological polar surface area (TPSA) is 62.2 Å². The lowest BCUT2D eigenvalue weighted by Gasteiger charge is -2.04. The Morgan fingerprint density at radius 1 is 1.24 bits per heavy atom. The molecule has 0 saturated carbocycles. The summed E-state index contributed by atoms with van der Waals surface area (Å²) < 4.78 is 12.8. The largest absolute Gasteiger partial charge is 0.508 e. The molecule has 17 heavy (non-hydrogen) atoms. The zero-order chi connectivity index (χ0) is 12.3. The van der Waals surface area contributed by atoms with E-state index >= 15 is 0 Å². The van der Waals surface area contributed by atoms with E-state index in [9.17, 15) is 9.18 Å². The van der Waals surface area contributed by atoms with E-state index in [4.69, 9.17) is 5.11 Å². The van der Waals surface area contributed by atoms with Gasteiger partial charge in [0.2, 0.25) is 0 Å². The van der Waals surface area contributed by atoms with Gasteiger partial charge in [0.05, 0.1) is 11.8 Å². The average Bonchev–Trinajstić information content (AvgIpc) is 2.32. The highest BCUT2D eigenvalue weighted by Crippen LogP contribution is 2.14. The zero-order valence-electron chi connectivity index (χ0n) is 8.72. The van der Waals surface area contributed by atoms with Crippen molar-refractivity contribution in [3.05, 3.63) is 54.1 Å². The van der Waals surface area contributed by atoms with Gasteiger partial charge in [0.15, 0.2) is 0 Å². The second kappa shape index (κ2) is 4.61. The molecule has 4 nitrogen and oxygen atoms in total. The molecule has 0 saturated heterocycles. The number of carbonyl (C=O) groups excluding carboxylic acids is 1. The van der Waals surface area contributed by atoms with Gasteiger partial charge in [-0.25, -0.2) is 4.39 Å². The third-order valence-corrected chi connectivity index (χ3v) is 2.09. The molecule has 0 aliphatic heterocycles. The quantitative estimate of drug-likeness (QED) is 0.780. The van der Waals surface area contributed by atoms with Gasteiger partial charge >= 0.3 is 0 Å². The number of carbonyl (C=O) groups is 1. The van der Waals surface area contributed by atoms with E-state index < -0.39 is 11.7 Å². The number of nitrogens with zero attached hydrogens (tertiary/aromatic N) is 1. The molecule has 1 heterocycles. The third kappa shape index (κ3) is 2.78. The Hall–Kier alpha value is -2.43. The number of phenols is 1. The number of amides is 1. The van der Waals surface area contributed by atoms with Crippen LogP contribution in [0.5, 0.6) is 5.75 Å². The van der Waals surface area contributed by atoms with E-state index in [1.54, 1.807) is 12.1 Å². The number of hydrogen-bond acceptors (Lipinski definition) is 3. The lowest BCUT2D eigenvalue weighted by molar-refractivity contribution is 0.102. The first-order valence-corrected chi connectivity index (χ1v) is 4.86. The van der Waals surface area contributed by atoms with Gasteiger partial charge in [0.1, 0.15) is 11.6 Å². The number of halogens is 1. The van der Waals surface area contributed by atoms with Crippen molar-refractivity contribution >= 4 is 11.6 Å². The van der Waals surface area contributed by atoms with Gasteiger partial charge in [0, 0.05) is 11.9 Å². The van der Waals surface area contributed by atoms with Crippen LogP contribution in [0.1, 0.15) is 10.4 Å². The van der Waals surface area contributed by atoms with E-state index in [1.165, 1.54) is 18.3 Å². The average molecular weight is 232 g/mol. The molecule has 0 unspecified atom stereocenters. The number of pyridine rings is 1. The van der Waals surface area contributed by atoms with Crippen LogP contribution in [0, 0.1) is 5.82 Å². The van der Waals surface area contributed by atoms with Crippen molar-refractivity contribution in [1.29, 1.82) is 0 Å². The summed E-state index contributed by atoms with van der Waals surface area (Å²) in [6.45, 7) is 0. The number of anilines is 1. The Labute approximate surface area is 96.7 Å². The molecule has 2 N–H and O–H groups in total. The highest BCUT2D eigenvalue weighted by Gasteiger charge is 2.07. The van der Waals surface area contributed by atoms with Crippen molar-refractivity contribution in [3.8, 4) is 5.75 Å². The number of benzene rings is 1. The number of hydrogen-bond donors (Lipinski definition) is 2. The molecule has 0 atom stereocenters. The second-order valence-electron chi connectivity index (χ2n) is 3.39. The van der Waals surface area contributed by atoms with Crippen molar-refractivity contribution in [1.82, 2.24) is 4.98 Å². The molecule has 2 aromatic rings. The SMILES string of the molecule is O=C(Nc1ccc(O)cc1)c1cncc(F)c1. The van der Waals surface area contributed by atoms with E-state index in [0.717, 1.165) is 12.3 Å². The molecule has 1 aromatic heterocycles. The standard InChI is InChI=1S/C12H9FN2O2/c13-9-5-8(6-14-7-9)12(17)15-10-1-3-11(16)4-2-10/h1-7,16H,(H,15,17). The van der Waals surface area contributed by atoms with Crippen molar-refractivity contribution < 1.29 is 14.3 Å². The maximum absolute atomic E-state index is 12.8. The smallest absolute Gasteiger partial charge is 0.257 e. The van der Waals surface area contributed by atoms with Crippen LogP contribution in [0.4, 0.5) is 10.1 Å². The molecule has 0 spiro atoms. The van der Waals surface area contributed by atoms with Crippen molar-refractivity contribution in [2.24, 2.45) is 0 Å². The fourth-order valence-electron chi connectivity index (χ4n) is 1.28. The first-order chi connectivity index (χ1) is 8.15. The first-order valence-electron chi connectivity index (χ1n) is 4.86. The molecule has 1 amide bonds. The van der Waals surface area contributed by atoms with Crippen molar-refractivity contribution in [2.75, 3.05) is 5.32 Å². The summed E-state index contributed by atoms with van der Waals surface area (Å²) in [5, 5.41) is 11.6. The normalized spacial score (nSPS) is 9.94. The van der Waals surface area contributed by atoms with Crippen LogP contribution in [-0.4, -0.2) is 16.0 Å². The number of aromatic nitrogens is 1. The fraction of sp³-hybridized carbons (Fsp3) is 0. The molecule has 0 aliphatic rings. The second-order valence-corrected chi connectivity index (χ2v) is 3.39. The number of rotatable bonds is 2. The Morgan fingerprint density at radius 3 is 2.59 bits per heavy atom. The minimum Gasteiger partial charge on any atom is -0.508 e. The zero-order valence-corrected chi connectivity index (χ0v) is 8.72. The maximum atomic E-state index is 12.8. The van der Waals surface area contributed by atoms with Gasteiger partial charge < -0.3 is 10.4 Å². The van der Waals surface area contributed by atoms with Crippen LogP contribution in [0.2, 0.25) is 0 Å². The Balaban J connectivity index is 2.14. The van der Waals surface area contributed by atoms with Crippen LogP contribution >= 0.6 is 0 Å². The van der Waals surface area contributed by atoms with Crippen LogP contribution < -0.4 is 5.32 Å². The Bertz CT molecular complexity index is 540. The predicted molar refractivity (Wildman–Crippen MR) is 60.3 cm³/mol. The number of nitrogens with one attached hydrogen (secondary N) is 1. The first kappa shape index (κ1) is 11.1. The van der Waals surface area contributed by atoms with Gasteiger partial charge in [-0.3, -0.25) is 9.78 Å². The van der Waals surface area contributed by atoms with Crippen LogP contribution in [0.3, 0.4) is 0 Å². The molecule has 0 aliphatic carbocycles. The minimum atomic E-state index is -0.566. The van der Waals surface area contributed by atoms with E-state index in [1.807, 2.05) is 0 Å². The van der Waals surface area contributed by atoms with Gasteiger partial charge in [-0.2, -0.15) is 0 Å². The minimum absolute atomic E-state index is 0.107. The summed E-state index contributed by atoms with van der Waals surface area (Å²) in [6, 6.07) is 7.07. The van der Waals surface area contributed by atoms with E-state index in [0.29, 0.717) is 5.69 Å². The summed E-state index contributed by atoms with van der Waals surface area (Å²) >= 11 is 0. The predicted octanol–water partition coefficient (Wildman–Crippen LogP) is 2.18. The van der Waals surface area contributed by atoms with E-state index in [2.05, 4.69) is 10.3 Å². The van der Waals surface area contributed by atoms with E-state index in [-0.39, 0.29) is 11.3 Å². The number of aromatic hydroxyl groups is 1.